The van der Waals surface area contributed by atoms with Gasteiger partial charge in [-0.05, 0) is 36.8 Å². The third-order valence-corrected chi connectivity index (χ3v) is 5.98. The number of carbonyl (C=O) groups excluding carboxylic acids is 3. The number of urea groups is 1. The number of nitrogens with zero attached hydrogens (tertiary/aromatic N) is 2. The molecule has 0 bridgehead atoms. The van der Waals surface area contributed by atoms with Gasteiger partial charge in [-0.15, -0.1) is 0 Å². The average molecular weight is 475 g/mol. The zero-order chi connectivity index (χ0) is 23.4. The fraction of sp³-hybridized carbons (Fsp3) is 0.190. The quantitative estimate of drug-likeness (QED) is 0.318. The summed E-state index contributed by atoms with van der Waals surface area (Å²) in [6, 6.07) is 10.5. The molecular weight excluding hydrogens is 456 g/mol. The molecule has 0 aliphatic rings. The molecule has 3 amide bonds. The molecule has 1 aromatic heterocycles. The highest BCUT2D eigenvalue weighted by Crippen LogP contribution is 2.25. The minimum atomic E-state index is -0.981. The van der Waals surface area contributed by atoms with Crippen molar-refractivity contribution in [3.05, 3.63) is 69.0 Å². The molecule has 2 aromatic carbocycles. The van der Waals surface area contributed by atoms with Crippen LogP contribution in [0.4, 0.5) is 4.79 Å². The lowest BCUT2D eigenvalue weighted by atomic mass is 10.1. The lowest BCUT2D eigenvalue weighted by molar-refractivity contribution is -0.119. The number of halogens is 1. The summed E-state index contributed by atoms with van der Waals surface area (Å²) in [5.74, 6) is -1.21. The first-order valence-corrected chi connectivity index (χ1v) is 10.6. The van der Waals surface area contributed by atoms with Gasteiger partial charge in [-0.1, -0.05) is 41.6 Å². The summed E-state index contributed by atoms with van der Waals surface area (Å²) in [4.78, 5) is 52.9. The van der Waals surface area contributed by atoms with Gasteiger partial charge in [-0.3, -0.25) is 19.5 Å². The van der Waals surface area contributed by atoms with E-state index >= 15 is 0 Å². The van der Waals surface area contributed by atoms with E-state index in [9.17, 15) is 19.2 Å². The van der Waals surface area contributed by atoms with Crippen LogP contribution >= 0.6 is 23.4 Å². The maximum Gasteiger partial charge on any atom is 0.337 e. The van der Waals surface area contributed by atoms with Gasteiger partial charge in [-0.2, -0.15) is 0 Å². The summed E-state index contributed by atoms with van der Waals surface area (Å²) >= 11 is 7.24. The number of rotatable bonds is 6. The molecule has 9 nitrogen and oxygen atoms in total. The van der Waals surface area contributed by atoms with E-state index in [0.29, 0.717) is 10.6 Å². The second-order valence-electron chi connectivity index (χ2n) is 6.71. The SMILES string of the molecule is COC(=O)c1ccc2c(=O)n(Cc3ccccc3Cl)c(SC(C)C(=O)NC(N)=O)nc2c1. The maximum atomic E-state index is 13.3. The summed E-state index contributed by atoms with van der Waals surface area (Å²) < 4.78 is 6.12. The Morgan fingerprint density at radius 1 is 1.25 bits per heavy atom. The van der Waals surface area contributed by atoms with Gasteiger partial charge in [0.15, 0.2) is 5.16 Å². The zero-order valence-electron chi connectivity index (χ0n) is 17.1. The van der Waals surface area contributed by atoms with Crippen LogP contribution in [0.25, 0.3) is 10.9 Å². The van der Waals surface area contributed by atoms with Gasteiger partial charge in [0, 0.05) is 5.02 Å². The van der Waals surface area contributed by atoms with Crippen LogP contribution in [0.3, 0.4) is 0 Å². The van der Waals surface area contributed by atoms with E-state index in [1.165, 1.54) is 29.9 Å². The number of imide groups is 1. The molecule has 3 rings (SSSR count). The number of methoxy groups -OCH3 is 1. The average Bonchev–Trinajstić information content (AvgIpc) is 2.76. The van der Waals surface area contributed by atoms with Crippen molar-refractivity contribution in [3.63, 3.8) is 0 Å². The molecular formula is C21H19ClN4O5S. The van der Waals surface area contributed by atoms with E-state index in [4.69, 9.17) is 22.1 Å². The number of aromatic nitrogens is 2. The summed E-state index contributed by atoms with van der Waals surface area (Å²) in [7, 11) is 1.25. The van der Waals surface area contributed by atoms with Crippen LogP contribution in [0, 0.1) is 0 Å². The minimum Gasteiger partial charge on any atom is -0.465 e. The molecule has 0 saturated carbocycles. The second-order valence-corrected chi connectivity index (χ2v) is 8.43. The van der Waals surface area contributed by atoms with Crippen LogP contribution in [0.1, 0.15) is 22.8 Å². The van der Waals surface area contributed by atoms with Gasteiger partial charge < -0.3 is 10.5 Å². The Morgan fingerprint density at radius 3 is 2.62 bits per heavy atom. The van der Waals surface area contributed by atoms with Gasteiger partial charge in [0.1, 0.15) is 0 Å². The lowest BCUT2D eigenvalue weighted by Gasteiger charge is -2.16. The highest BCUT2D eigenvalue weighted by Gasteiger charge is 2.21. The van der Waals surface area contributed by atoms with Crippen LogP contribution in [0.5, 0.6) is 0 Å². The molecule has 1 unspecified atom stereocenters. The van der Waals surface area contributed by atoms with Crippen LogP contribution in [0.2, 0.25) is 5.02 Å². The summed E-state index contributed by atoms with van der Waals surface area (Å²) in [5, 5.41) is 2.16. The smallest absolute Gasteiger partial charge is 0.337 e. The van der Waals surface area contributed by atoms with Gasteiger partial charge in [0.05, 0.1) is 35.4 Å². The lowest BCUT2D eigenvalue weighted by Crippen LogP contribution is -2.39. The van der Waals surface area contributed by atoms with E-state index in [2.05, 4.69) is 4.98 Å². The topological polar surface area (TPSA) is 133 Å². The normalized spacial score (nSPS) is 11.7. The number of benzene rings is 2. The zero-order valence-corrected chi connectivity index (χ0v) is 18.7. The van der Waals surface area contributed by atoms with Crippen molar-refractivity contribution in [2.45, 2.75) is 23.9 Å². The van der Waals surface area contributed by atoms with Crippen molar-refractivity contribution in [1.29, 1.82) is 0 Å². The number of primary amides is 1. The summed E-state index contributed by atoms with van der Waals surface area (Å²) in [5.41, 5.74) is 5.81. The number of thioether (sulfide) groups is 1. The van der Waals surface area contributed by atoms with Gasteiger partial charge in [-0.25, -0.2) is 14.6 Å². The number of amides is 3. The number of ether oxygens (including phenoxy) is 1. The Balaban J connectivity index is 2.14. The van der Waals surface area contributed by atoms with Crippen molar-refractivity contribution in [2.75, 3.05) is 7.11 Å². The summed E-state index contributed by atoms with van der Waals surface area (Å²) in [6.45, 7) is 1.65. The van der Waals surface area contributed by atoms with Crippen molar-refractivity contribution >= 4 is 52.2 Å². The van der Waals surface area contributed by atoms with E-state index in [-0.39, 0.29) is 33.7 Å². The van der Waals surface area contributed by atoms with Crippen LogP contribution in [0.15, 0.2) is 52.4 Å². The highest BCUT2D eigenvalue weighted by molar-refractivity contribution is 8.00. The van der Waals surface area contributed by atoms with Gasteiger partial charge in [0.2, 0.25) is 5.91 Å². The molecule has 11 heteroatoms. The van der Waals surface area contributed by atoms with Crippen molar-refractivity contribution in [3.8, 4) is 0 Å². The van der Waals surface area contributed by atoms with E-state index in [1.807, 2.05) is 5.32 Å². The largest absolute Gasteiger partial charge is 0.465 e. The number of esters is 1. The second kappa shape index (κ2) is 9.84. The third kappa shape index (κ3) is 5.09. The number of nitrogens with two attached hydrogens (primary N) is 1. The van der Waals surface area contributed by atoms with Gasteiger partial charge >= 0.3 is 12.0 Å². The molecule has 0 radical (unpaired) electrons. The fourth-order valence-corrected chi connectivity index (χ4v) is 4.01. The Morgan fingerprint density at radius 2 is 1.97 bits per heavy atom. The molecule has 1 atom stereocenters. The molecule has 0 saturated heterocycles. The standard InChI is InChI=1S/C21H19ClN4O5S/c1-11(17(27)25-20(23)30)32-21-24-16-9-12(19(29)31-2)7-8-14(16)18(28)26(21)10-13-5-3-4-6-15(13)22/h3-9,11H,10H2,1-2H3,(H3,23,25,27,30). The molecule has 32 heavy (non-hydrogen) atoms. The maximum absolute atomic E-state index is 13.3. The Labute approximate surface area is 191 Å². The van der Waals surface area contributed by atoms with Crippen LogP contribution < -0.4 is 16.6 Å². The number of hydrogen-bond donors (Lipinski definition) is 2. The Hall–Kier alpha value is -3.37. The molecule has 0 spiro atoms. The first kappa shape index (κ1) is 23.3. The number of fused-ring (bicyclic) bond motifs is 1. The van der Waals surface area contributed by atoms with Crippen LogP contribution in [-0.2, 0) is 16.1 Å². The van der Waals surface area contributed by atoms with Crippen molar-refractivity contribution in [2.24, 2.45) is 5.73 Å². The van der Waals surface area contributed by atoms with Crippen molar-refractivity contribution in [1.82, 2.24) is 14.9 Å². The molecule has 3 aromatic rings. The molecule has 0 fully saturated rings. The molecule has 166 valence electrons. The Bertz CT molecular complexity index is 1280. The Kier molecular flexibility index (Phi) is 7.16. The van der Waals surface area contributed by atoms with E-state index in [0.717, 1.165) is 11.8 Å². The first-order valence-electron chi connectivity index (χ1n) is 9.34. The predicted octanol–water partition coefficient (Wildman–Crippen LogP) is 2.56. The fourth-order valence-electron chi connectivity index (χ4n) is 2.91. The van der Waals surface area contributed by atoms with E-state index < -0.39 is 23.2 Å². The molecule has 3 N–H and O–H groups in total. The number of nitrogens with one attached hydrogen (secondary N) is 1. The number of carbonyl (C=O) groups is 3. The molecule has 0 aliphatic heterocycles. The van der Waals surface area contributed by atoms with Crippen LogP contribution in [-0.4, -0.2) is 39.8 Å². The first-order chi connectivity index (χ1) is 15.2. The van der Waals surface area contributed by atoms with Crippen molar-refractivity contribution < 1.29 is 19.1 Å². The summed E-state index contributed by atoms with van der Waals surface area (Å²) in [6.07, 6.45) is 0. The van der Waals surface area contributed by atoms with E-state index in [1.54, 1.807) is 31.2 Å². The van der Waals surface area contributed by atoms with Gasteiger partial charge in [0.25, 0.3) is 5.56 Å². The predicted molar refractivity (Wildman–Crippen MR) is 121 cm³/mol. The molecule has 1 heterocycles. The minimum absolute atomic E-state index is 0.104. The highest BCUT2D eigenvalue weighted by atomic mass is 35.5. The monoisotopic (exact) mass is 474 g/mol. The number of hydrogen-bond acceptors (Lipinski definition) is 7. The molecule has 0 aliphatic carbocycles. The third-order valence-electron chi connectivity index (χ3n) is 4.53.